The fourth-order valence-corrected chi connectivity index (χ4v) is 4.14. The molecule has 0 atom stereocenters. The van der Waals surface area contributed by atoms with E-state index in [-0.39, 0.29) is 16.4 Å². The van der Waals surface area contributed by atoms with Crippen molar-refractivity contribution in [2.24, 2.45) is 5.41 Å². The Kier molecular flexibility index (Phi) is 5.07. The van der Waals surface area contributed by atoms with E-state index in [0.29, 0.717) is 0 Å². The molecule has 3 aromatic rings. The topological polar surface area (TPSA) is 29.3 Å². The van der Waals surface area contributed by atoms with Crippen LogP contribution in [0, 0.1) is 5.41 Å². The van der Waals surface area contributed by atoms with E-state index in [1.54, 1.807) is 0 Å². The van der Waals surface area contributed by atoms with Crippen LogP contribution in [0.5, 0.6) is 0 Å². The molecule has 0 aliphatic heterocycles. The molecule has 2 heterocycles. The van der Waals surface area contributed by atoms with E-state index >= 15 is 0 Å². The van der Waals surface area contributed by atoms with Gasteiger partial charge in [-0.25, -0.2) is 4.98 Å². The van der Waals surface area contributed by atoms with Gasteiger partial charge in [0.1, 0.15) is 17.2 Å². The molecule has 0 amide bonds. The Bertz CT molecular complexity index is 948. The lowest BCUT2D eigenvalue weighted by Crippen LogP contribution is -2.36. The normalized spacial score (nSPS) is 13.1. The largest absolute Gasteiger partial charge is 0.364 e. The molecule has 0 aliphatic carbocycles. The van der Waals surface area contributed by atoms with Gasteiger partial charge in [-0.15, -0.1) is 0 Å². The summed E-state index contributed by atoms with van der Waals surface area (Å²) in [5, 5.41) is 3.81. The summed E-state index contributed by atoms with van der Waals surface area (Å²) in [6, 6.07) is 15.0. The summed E-state index contributed by atoms with van der Waals surface area (Å²) in [7, 11) is 0. The molecule has 0 bridgehead atoms. The highest BCUT2D eigenvalue weighted by molar-refractivity contribution is 5.77. The number of pyridine rings is 1. The van der Waals surface area contributed by atoms with Crippen LogP contribution >= 0.6 is 0 Å². The molecule has 0 radical (unpaired) electrons. The number of anilines is 1. The summed E-state index contributed by atoms with van der Waals surface area (Å²) < 4.78 is 2.16. The maximum atomic E-state index is 4.96. The van der Waals surface area contributed by atoms with Crippen molar-refractivity contribution >= 4 is 11.5 Å². The average Bonchev–Trinajstić information content (AvgIpc) is 2.90. The van der Waals surface area contributed by atoms with E-state index in [0.717, 1.165) is 29.1 Å². The Morgan fingerprint density at radius 1 is 0.857 bits per heavy atom. The molecule has 3 heteroatoms. The number of fused-ring (bicyclic) bond motifs is 1. The van der Waals surface area contributed by atoms with Gasteiger partial charge in [-0.1, -0.05) is 71.9 Å². The smallest absolute Gasteiger partial charge is 0.139 e. The van der Waals surface area contributed by atoms with Gasteiger partial charge in [0, 0.05) is 17.3 Å². The molecule has 0 unspecified atom stereocenters. The standard InChI is InChI=1S/C25H35N3/c1-23(2,3)17-25(7,8)27-22-21(26-20-11-9-10-16-28(20)22)18-12-14-19(15-13-18)24(4,5)6/h9-16,27H,17H2,1-8H3. The molecule has 150 valence electrons. The molecular formula is C25H35N3. The van der Waals surface area contributed by atoms with Gasteiger partial charge < -0.3 is 5.32 Å². The molecule has 1 aromatic carbocycles. The summed E-state index contributed by atoms with van der Waals surface area (Å²) >= 11 is 0. The molecular weight excluding hydrogens is 342 g/mol. The lowest BCUT2D eigenvalue weighted by Gasteiger charge is -2.34. The van der Waals surface area contributed by atoms with Crippen LogP contribution in [-0.2, 0) is 5.41 Å². The van der Waals surface area contributed by atoms with Crippen LogP contribution in [0.2, 0.25) is 0 Å². The Morgan fingerprint density at radius 3 is 2.07 bits per heavy atom. The highest BCUT2D eigenvalue weighted by atomic mass is 15.2. The lowest BCUT2D eigenvalue weighted by atomic mass is 9.82. The third-order valence-corrected chi connectivity index (χ3v) is 4.98. The van der Waals surface area contributed by atoms with E-state index < -0.39 is 0 Å². The molecule has 0 spiro atoms. The first-order valence-corrected chi connectivity index (χ1v) is 10.2. The van der Waals surface area contributed by atoms with E-state index in [2.05, 4.69) is 108 Å². The molecule has 0 saturated carbocycles. The Morgan fingerprint density at radius 2 is 1.50 bits per heavy atom. The van der Waals surface area contributed by atoms with Crippen LogP contribution in [0.3, 0.4) is 0 Å². The maximum Gasteiger partial charge on any atom is 0.139 e. The van der Waals surface area contributed by atoms with Crippen molar-refractivity contribution in [2.45, 2.75) is 72.8 Å². The molecule has 28 heavy (non-hydrogen) atoms. The molecule has 3 rings (SSSR count). The Balaban J connectivity index is 2.07. The van der Waals surface area contributed by atoms with Gasteiger partial charge in [-0.2, -0.15) is 0 Å². The first-order valence-electron chi connectivity index (χ1n) is 10.2. The van der Waals surface area contributed by atoms with Crippen LogP contribution in [0.1, 0.15) is 67.4 Å². The van der Waals surface area contributed by atoms with Crippen molar-refractivity contribution < 1.29 is 0 Å². The highest BCUT2D eigenvalue weighted by Gasteiger charge is 2.28. The van der Waals surface area contributed by atoms with Crippen molar-refractivity contribution in [3.05, 3.63) is 54.2 Å². The van der Waals surface area contributed by atoms with Crippen LogP contribution in [-0.4, -0.2) is 14.9 Å². The van der Waals surface area contributed by atoms with Gasteiger partial charge >= 0.3 is 0 Å². The number of hydrogen-bond acceptors (Lipinski definition) is 2. The van der Waals surface area contributed by atoms with Crippen molar-refractivity contribution in [1.29, 1.82) is 0 Å². The van der Waals surface area contributed by atoms with Crippen LogP contribution < -0.4 is 5.32 Å². The van der Waals surface area contributed by atoms with Crippen molar-refractivity contribution in [1.82, 2.24) is 9.38 Å². The summed E-state index contributed by atoms with van der Waals surface area (Å²) in [4.78, 5) is 4.96. The van der Waals surface area contributed by atoms with Gasteiger partial charge in [-0.05, 0) is 48.8 Å². The van der Waals surface area contributed by atoms with Gasteiger partial charge in [0.15, 0.2) is 0 Å². The maximum absolute atomic E-state index is 4.96. The molecule has 1 N–H and O–H groups in total. The van der Waals surface area contributed by atoms with Crippen molar-refractivity contribution in [3.8, 4) is 11.3 Å². The van der Waals surface area contributed by atoms with E-state index in [1.165, 1.54) is 5.56 Å². The van der Waals surface area contributed by atoms with Crippen LogP contribution in [0.15, 0.2) is 48.7 Å². The SMILES string of the molecule is CC(C)(C)CC(C)(C)Nc1c(-c2ccc(C(C)(C)C)cc2)nc2ccccn12. The number of nitrogens with zero attached hydrogens (tertiary/aromatic N) is 2. The zero-order valence-electron chi connectivity index (χ0n) is 18.7. The first-order chi connectivity index (χ1) is 12.9. The molecule has 0 fully saturated rings. The van der Waals surface area contributed by atoms with Crippen molar-refractivity contribution in [3.63, 3.8) is 0 Å². The number of benzene rings is 1. The second-order valence-electron chi connectivity index (χ2n) is 10.8. The van der Waals surface area contributed by atoms with E-state index in [4.69, 9.17) is 4.98 Å². The number of nitrogens with one attached hydrogen (secondary N) is 1. The summed E-state index contributed by atoms with van der Waals surface area (Å²) in [6.45, 7) is 18.1. The minimum Gasteiger partial charge on any atom is -0.364 e. The van der Waals surface area contributed by atoms with Gasteiger partial charge in [0.2, 0.25) is 0 Å². The molecule has 0 saturated heterocycles. The minimum atomic E-state index is -0.0514. The Hall–Kier alpha value is -2.29. The second kappa shape index (κ2) is 6.95. The number of aromatic nitrogens is 2. The summed E-state index contributed by atoms with van der Waals surface area (Å²) in [5.41, 5.74) is 4.79. The second-order valence-corrected chi connectivity index (χ2v) is 10.8. The third-order valence-electron chi connectivity index (χ3n) is 4.98. The monoisotopic (exact) mass is 377 g/mol. The van der Waals surface area contributed by atoms with E-state index in [1.807, 2.05) is 6.07 Å². The fraction of sp³-hybridized carbons (Fsp3) is 0.480. The Labute approximate surface area is 170 Å². The van der Waals surface area contributed by atoms with Crippen LogP contribution in [0.4, 0.5) is 5.82 Å². The van der Waals surface area contributed by atoms with E-state index in [9.17, 15) is 0 Å². The minimum absolute atomic E-state index is 0.0514. The molecule has 0 aliphatic rings. The zero-order chi connectivity index (χ0) is 20.7. The molecule has 3 nitrogen and oxygen atoms in total. The zero-order valence-corrected chi connectivity index (χ0v) is 18.7. The van der Waals surface area contributed by atoms with Gasteiger partial charge in [0.25, 0.3) is 0 Å². The quantitative estimate of drug-likeness (QED) is 0.534. The predicted octanol–water partition coefficient (Wildman–Crippen LogP) is 6.93. The fourth-order valence-electron chi connectivity index (χ4n) is 4.14. The predicted molar refractivity (Wildman–Crippen MR) is 121 cm³/mol. The summed E-state index contributed by atoms with van der Waals surface area (Å²) in [5.74, 6) is 1.06. The number of hydrogen-bond donors (Lipinski definition) is 1. The third kappa shape index (κ3) is 4.57. The highest BCUT2D eigenvalue weighted by Crippen LogP contribution is 2.35. The number of imidazole rings is 1. The van der Waals surface area contributed by atoms with Crippen LogP contribution in [0.25, 0.3) is 16.9 Å². The van der Waals surface area contributed by atoms with Crippen molar-refractivity contribution in [2.75, 3.05) is 5.32 Å². The van der Waals surface area contributed by atoms with Gasteiger partial charge in [-0.3, -0.25) is 4.40 Å². The molecule has 2 aromatic heterocycles. The summed E-state index contributed by atoms with van der Waals surface area (Å²) in [6.07, 6.45) is 3.15. The first kappa shape index (κ1) is 20.4. The number of rotatable bonds is 4. The van der Waals surface area contributed by atoms with Gasteiger partial charge in [0.05, 0.1) is 0 Å². The average molecular weight is 378 g/mol. The lowest BCUT2D eigenvalue weighted by molar-refractivity contribution is 0.302.